The minimum atomic E-state index is -1.04. The van der Waals surface area contributed by atoms with Crippen LogP contribution in [0.2, 0.25) is 10.0 Å². The van der Waals surface area contributed by atoms with Gasteiger partial charge in [-0.25, -0.2) is 14.4 Å². The molecule has 0 aliphatic carbocycles. The van der Waals surface area contributed by atoms with E-state index in [1.807, 2.05) is 60.7 Å². The quantitative estimate of drug-likeness (QED) is 0.101. The number of aliphatic hydroxyl groups excluding tert-OH is 1. The molecule has 67 heavy (non-hydrogen) atoms. The number of pyridine rings is 2. The zero-order chi connectivity index (χ0) is 47.8. The Balaban J connectivity index is 0.000000200. The van der Waals surface area contributed by atoms with Crippen LogP contribution in [0.4, 0.5) is 0 Å². The molecule has 0 spiro atoms. The molecule has 0 radical (unpaired) electrons. The number of nitrogens with zero attached hydrogens (tertiary/aromatic N) is 2. The summed E-state index contributed by atoms with van der Waals surface area (Å²) in [4.78, 5) is 76.4. The van der Waals surface area contributed by atoms with Crippen molar-refractivity contribution in [3.05, 3.63) is 221 Å². The Hall–Kier alpha value is -7.84. The highest BCUT2D eigenvalue weighted by atomic mass is 35.5. The molecule has 2 aromatic heterocycles. The van der Waals surface area contributed by atoms with Gasteiger partial charge >= 0.3 is 17.9 Å². The Morgan fingerprint density at radius 2 is 0.970 bits per heavy atom. The first kappa shape index (κ1) is 47.1. The topological polar surface area (TPSA) is 183 Å². The van der Waals surface area contributed by atoms with Crippen LogP contribution in [-0.4, -0.2) is 70.5 Å². The molecule has 0 aliphatic heterocycles. The molecule has 0 fully saturated rings. The fourth-order valence-corrected chi connectivity index (χ4v) is 8.01. The highest BCUT2D eigenvalue weighted by Gasteiger charge is 2.26. The van der Waals surface area contributed by atoms with Crippen LogP contribution < -0.4 is 16.2 Å². The number of carbonyl (C=O) groups is 4. The van der Waals surface area contributed by atoms with Gasteiger partial charge in [-0.3, -0.25) is 14.4 Å². The van der Waals surface area contributed by atoms with Crippen LogP contribution >= 0.6 is 23.2 Å². The van der Waals surface area contributed by atoms with Crippen LogP contribution in [0.5, 0.6) is 0 Å². The number of halogens is 2. The SMILES string of the molecule is COC(=O)c1c(Cc2ccc(C(=O)NCCO)cc2)c(=O)c2ccc(Cl)cc2n1-c1ccccc1.COC(=O)c1c(Cc2ccc(C(=O)O)cc2)c(=O)c2ccc(Cl)cc2n1-c1ccccc1. The highest BCUT2D eigenvalue weighted by molar-refractivity contribution is 6.31. The van der Waals surface area contributed by atoms with E-state index in [1.54, 1.807) is 81.9 Å². The maximum Gasteiger partial charge on any atom is 0.355 e. The molecule has 0 atom stereocenters. The molecular formula is C52H41Cl2N3O10. The van der Waals surface area contributed by atoms with E-state index >= 15 is 0 Å². The first-order chi connectivity index (χ1) is 32.3. The van der Waals surface area contributed by atoms with E-state index < -0.39 is 17.9 Å². The summed E-state index contributed by atoms with van der Waals surface area (Å²) in [6, 6.07) is 41.1. The molecule has 15 heteroatoms. The monoisotopic (exact) mass is 937 g/mol. The summed E-state index contributed by atoms with van der Waals surface area (Å²) in [6.45, 7) is 0.00417. The number of hydrogen-bond acceptors (Lipinski definition) is 9. The molecule has 0 saturated carbocycles. The zero-order valence-electron chi connectivity index (χ0n) is 36.0. The van der Waals surface area contributed by atoms with Gasteiger partial charge in [0, 0.05) is 68.3 Å². The number of aromatic carboxylic acids is 1. The van der Waals surface area contributed by atoms with Gasteiger partial charge in [0.25, 0.3) is 5.91 Å². The number of esters is 2. The lowest BCUT2D eigenvalue weighted by molar-refractivity contribution is 0.0581. The lowest BCUT2D eigenvalue weighted by Crippen LogP contribution is -2.26. The molecule has 6 aromatic carbocycles. The number of carboxylic acids is 1. The highest BCUT2D eigenvalue weighted by Crippen LogP contribution is 2.29. The Labute approximate surface area is 393 Å². The van der Waals surface area contributed by atoms with Crippen molar-refractivity contribution in [3.63, 3.8) is 0 Å². The average Bonchev–Trinajstić information content (AvgIpc) is 3.35. The molecule has 0 saturated heterocycles. The van der Waals surface area contributed by atoms with Gasteiger partial charge in [-0.2, -0.15) is 0 Å². The lowest BCUT2D eigenvalue weighted by atomic mass is 9.98. The molecule has 0 unspecified atom stereocenters. The van der Waals surface area contributed by atoms with Crippen molar-refractivity contribution in [1.29, 1.82) is 0 Å². The molecular weight excluding hydrogens is 897 g/mol. The average molecular weight is 939 g/mol. The van der Waals surface area contributed by atoms with Crippen LogP contribution in [0.1, 0.15) is 63.9 Å². The predicted octanol–water partition coefficient (Wildman–Crippen LogP) is 8.46. The summed E-state index contributed by atoms with van der Waals surface area (Å²) in [6.07, 6.45) is 0.266. The number of benzene rings is 6. The maximum absolute atomic E-state index is 13.6. The minimum absolute atomic E-state index is 0.0979. The zero-order valence-corrected chi connectivity index (χ0v) is 37.5. The molecule has 0 bridgehead atoms. The predicted molar refractivity (Wildman–Crippen MR) is 257 cm³/mol. The van der Waals surface area contributed by atoms with Crippen molar-refractivity contribution < 1.29 is 38.9 Å². The van der Waals surface area contributed by atoms with Crippen molar-refractivity contribution in [1.82, 2.24) is 14.5 Å². The van der Waals surface area contributed by atoms with E-state index in [0.717, 1.165) is 5.56 Å². The van der Waals surface area contributed by atoms with Gasteiger partial charge in [-0.05, 0) is 96.1 Å². The Bertz CT molecular complexity index is 3280. The molecule has 0 aliphatic rings. The summed E-state index contributed by atoms with van der Waals surface area (Å²) < 4.78 is 13.5. The Kier molecular flexibility index (Phi) is 14.8. The third-order valence-electron chi connectivity index (χ3n) is 10.8. The number of aliphatic hydroxyl groups is 1. The molecule has 13 nitrogen and oxygen atoms in total. The van der Waals surface area contributed by atoms with Crippen LogP contribution in [0.15, 0.2) is 155 Å². The lowest BCUT2D eigenvalue weighted by Gasteiger charge is -2.19. The van der Waals surface area contributed by atoms with Crippen molar-refractivity contribution >= 4 is 68.8 Å². The Morgan fingerprint density at radius 1 is 0.567 bits per heavy atom. The van der Waals surface area contributed by atoms with Crippen molar-refractivity contribution in [3.8, 4) is 11.4 Å². The number of rotatable bonds is 12. The summed E-state index contributed by atoms with van der Waals surface area (Å²) in [5.41, 5.74) is 4.43. The van der Waals surface area contributed by atoms with Crippen LogP contribution in [0.3, 0.4) is 0 Å². The molecule has 2 heterocycles. The van der Waals surface area contributed by atoms with Crippen molar-refractivity contribution in [2.75, 3.05) is 27.4 Å². The molecule has 8 rings (SSSR count). The van der Waals surface area contributed by atoms with Gasteiger partial charge in [0.05, 0.1) is 37.4 Å². The van der Waals surface area contributed by atoms with E-state index in [4.69, 9.17) is 42.9 Å². The molecule has 338 valence electrons. The number of carboxylic acid groups (broad SMARTS) is 1. The van der Waals surface area contributed by atoms with Gasteiger partial charge in [0.2, 0.25) is 0 Å². The van der Waals surface area contributed by atoms with E-state index in [-0.39, 0.29) is 70.8 Å². The molecule has 3 N–H and O–H groups in total. The first-order valence-corrected chi connectivity index (χ1v) is 21.4. The standard InChI is InChI=1S/C27H23ClN2O5.C25H18ClNO5/c1-35-27(34)24-22(15-17-7-9-18(10-8-17)26(33)29-13-14-31)25(32)21-12-11-19(28)16-23(21)30(24)20-5-3-2-4-6-20;1-32-25(31)22-20(13-15-7-9-16(10-8-15)24(29)30)23(28)19-12-11-17(26)14-21(19)27(22)18-5-3-2-4-6-18/h2-12,16,31H,13-15H2,1H3,(H,29,33);2-12,14H,13H2,1H3,(H,29,30). The first-order valence-electron chi connectivity index (χ1n) is 20.7. The third kappa shape index (κ3) is 10.2. The number of ether oxygens (including phenoxy) is 2. The largest absolute Gasteiger partial charge is 0.478 e. The maximum atomic E-state index is 13.6. The van der Waals surface area contributed by atoms with E-state index in [9.17, 15) is 28.8 Å². The summed E-state index contributed by atoms with van der Waals surface area (Å²) in [5, 5.41) is 22.3. The van der Waals surface area contributed by atoms with E-state index in [0.29, 0.717) is 54.4 Å². The molecule has 1 amide bonds. The smallest absolute Gasteiger partial charge is 0.355 e. The van der Waals surface area contributed by atoms with Gasteiger partial charge in [0.1, 0.15) is 11.4 Å². The minimum Gasteiger partial charge on any atom is -0.478 e. The normalized spacial score (nSPS) is 10.8. The fraction of sp³-hybridized carbons (Fsp3) is 0.115. The second kappa shape index (κ2) is 21.0. The van der Waals surface area contributed by atoms with Crippen molar-refractivity contribution in [2.24, 2.45) is 0 Å². The van der Waals surface area contributed by atoms with Gasteiger partial charge in [-0.1, -0.05) is 83.9 Å². The molecule has 8 aromatic rings. The van der Waals surface area contributed by atoms with Crippen LogP contribution in [0.25, 0.3) is 33.2 Å². The van der Waals surface area contributed by atoms with Crippen molar-refractivity contribution in [2.45, 2.75) is 12.8 Å². The number of carbonyl (C=O) groups excluding carboxylic acids is 3. The fourth-order valence-electron chi connectivity index (χ4n) is 7.67. The second-order valence-corrected chi connectivity index (χ2v) is 15.9. The number of para-hydroxylation sites is 2. The summed E-state index contributed by atoms with van der Waals surface area (Å²) in [5.74, 6) is -2.66. The second-order valence-electron chi connectivity index (χ2n) is 15.0. The van der Waals surface area contributed by atoms with Gasteiger partial charge < -0.3 is 34.1 Å². The van der Waals surface area contributed by atoms with Crippen LogP contribution in [-0.2, 0) is 22.3 Å². The number of amides is 1. The summed E-state index contributed by atoms with van der Waals surface area (Å²) >= 11 is 12.5. The third-order valence-corrected chi connectivity index (χ3v) is 11.3. The van der Waals surface area contributed by atoms with Gasteiger partial charge in [0.15, 0.2) is 10.9 Å². The number of methoxy groups -OCH3 is 2. The van der Waals surface area contributed by atoms with E-state index in [2.05, 4.69) is 5.32 Å². The number of nitrogens with one attached hydrogen (secondary N) is 1. The number of hydrogen-bond donors (Lipinski definition) is 3. The van der Waals surface area contributed by atoms with Gasteiger partial charge in [-0.15, -0.1) is 0 Å². The number of fused-ring (bicyclic) bond motifs is 2. The summed E-state index contributed by atoms with van der Waals surface area (Å²) in [7, 11) is 2.53. The van der Waals surface area contributed by atoms with Crippen LogP contribution in [0, 0.1) is 0 Å². The van der Waals surface area contributed by atoms with E-state index in [1.165, 1.54) is 26.4 Å². The number of aromatic nitrogens is 2. The Morgan fingerprint density at radius 3 is 1.34 bits per heavy atom.